The number of hydrogen-bond acceptors (Lipinski definition) is 4. The molecule has 1 aromatic heterocycles. The molecule has 88 valence electrons. The van der Waals surface area contributed by atoms with E-state index in [9.17, 15) is 4.39 Å². The molecule has 1 fully saturated rings. The van der Waals surface area contributed by atoms with Gasteiger partial charge in [-0.1, -0.05) is 0 Å². The van der Waals surface area contributed by atoms with Gasteiger partial charge in [-0.2, -0.15) is 0 Å². The van der Waals surface area contributed by atoms with E-state index in [-0.39, 0.29) is 5.82 Å². The van der Waals surface area contributed by atoms with Crippen LogP contribution in [0, 0.1) is 5.82 Å². The average Bonchev–Trinajstić information content (AvgIpc) is 2.26. The summed E-state index contributed by atoms with van der Waals surface area (Å²) in [5.41, 5.74) is 6.86. The van der Waals surface area contributed by atoms with Crippen molar-refractivity contribution >= 4 is 28.4 Å². The fourth-order valence-corrected chi connectivity index (χ4v) is 2.88. The SMILES string of the molecule is Nc1cc(F)c(SC2COC2)c2ncccc12. The first-order valence-electron chi connectivity index (χ1n) is 5.33. The number of hydrogen-bond donors (Lipinski definition) is 1. The van der Waals surface area contributed by atoms with Gasteiger partial charge in [0.05, 0.1) is 28.9 Å². The summed E-state index contributed by atoms with van der Waals surface area (Å²) in [4.78, 5) is 4.80. The smallest absolute Gasteiger partial charge is 0.141 e. The van der Waals surface area contributed by atoms with Gasteiger partial charge in [-0.3, -0.25) is 4.98 Å². The highest BCUT2D eigenvalue weighted by Crippen LogP contribution is 2.36. The number of fused-ring (bicyclic) bond motifs is 1. The van der Waals surface area contributed by atoms with Crippen molar-refractivity contribution in [3.63, 3.8) is 0 Å². The molecule has 3 rings (SSSR count). The summed E-state index contributed by atoms with van der Waals surface area (Å²) in [7, 11) is 0. The van der Waals surface area contributed by atoms with Crippen molar-refractivity contribution < 1.29 is 9.13 Å². The second-order valence-electron chi connectivity index (χ2n) is 3.95. The minimum absolute atomic E-state index is 0.300. The van der Waals surface area contributed by atoms with Crippen molar-refractivity contribution in [3.05, 3.63) is 30.2 Å². The number of rotatable bonds is 2. The lowest BCUT2D eigenvalue weighted by Crippen LogP contribution is -2.30. The van der Waals surface area contributed by atoms with Gasteiger partial charge in [-0.25, -0.2) is 4.39 Å². The Morgan fingerprint density at radius 1 is 1.47 bits per heavy atom. The molecular formula is C12H11FN2OS. The molecule has 0 amide bonds. The summed E-state index contributed by atoms with van der Waals surface area (Å²) >= 11 is 1.48. The van der Waals surface area contributed by atoms with E-state index in [1.165, 1.54) is 17.8 Å². The zero-order valence-corrected chi connectivity index (χ0v) is 9.84. The number of halogens is 1. The first-order valence-corrected chi connectivity index (χ1v) is 6.21. The van der Waals surface area contributed by atoms with Crippen molar-refractivity contribution in [1.82, 2.24) is 4.98 Å². The summed E-state index contributed by atoms with van der Waals surface area (Å²) in [6.07, 6.45) is 1.66. The van der Waals surface area contributed by atoms with E-state index in [0.717, 1.165) is 5.39 Å². The Labute approximate surface area is 102 Å². The number of nitrogen functional groups attached to an aromatic ring is 1. The van der Waals surface area contributed by atoms with Gasteiger partial charge in [0.25, 0.3) is 0 Å². The fourth-order valence-electron chi connectivity index (χ4n) is 1.77. The third kappa shape index (κ3) is 1.85. The van der Waals surface area contributed by atoms with Crippen molar-refractivity contribution in [2.75, 3.05) is 18.9 Å². The van der Waals surface area contributed by atoms with E-state index in [4.69, 9.17) is 10.5 Å². The Morgan fingerprint density at radius 3 is 3.00 bits per heavy atom. The maximum atomic E-state index is 13.9. The fraction of sp³-hybridized carbons (Fsp3) is 0.250. The van der Waals surface area contributed by atoms with Crippen LogP contribution in [0.15, 0.2) is 29.3 Å². The van der Waals surface area contributed by atoms with Crippen LogP contribution in [0.25, 0.3) is 10.9 Å². The van der Waals surface area contributed by atoms with Gasteiger partial charge in [0, 0.05) is 17.3 Å². The van der Waals surface area contributed by atoms with Crippen LogP contribution >= 0.6 is 11.8 Å². The molecule has 2 heterocycles. The quantitative estimate of drug-likeness (QED) is 0.832. The molecular weight excluding hydrogens is 239 g/mol. The van der Waals surface area contributed by atoms with Gasteiger partial charge in [0.15, 0.2) is 0 Å². The van der Waals surface area contributed by atoms with Gasteiger partial charge in [-0.05, 0) is 18.2 Å². The summed E-state index contributed by atoms with van der Waals surface area (Å²) in [6, 6.07) is 5.03. The van der Waals surface area contributed by atoms with Crippen molar-refractivity contribution in [1.29, 1.82) is 0 Å². The van der Waals surface area contributed by atoms with E-state index in [2.05, 4.69) is 4.98 Å². The molecule has 3 nitrogen and oxygen atoms in total. The first kappa shape index (κ1) is 10.8. The molecule has 0 unspecified atom stereocenters. The second kappa shape index (κ2) is 4.16. The molecule has 5 heteroatoms. The van der Waals surface area contributed by atoms with Gasteiger partial charge in [0.2, 0.25) is 0 Å². The molecule has 0 radical (unpaired) electrons. The monoisotopic (exact) mass is 250 g/mol. The molecule has 1 aliphatic rings. The Bertz CT molecular complexity index is 572. The summed E-state index contributed by atoms with van der Waals surface area (Å²) < 4.78 is 19.0. The van der Waals surface area contributed by atoms with Gasteiger partial charge < -0.3 is 10.5 Å². The number of thioether (sulfide) groups is 1. The number of nitrogens with two attached hydrogens (primary N) is 1. The standard InChI is InChI=1S/C12H11FN2OS/c13-9-4-10(14)8-2-1-3-15-11(8)12(9)17-7-5-16-6-7/h1-4,7H,5-6,14H2. The van der Waals surface area contributed by atoms with E-state index in [1.54, 1.807) is 12.3 Å². The molecule has 1 saturated heterocycles. The Hall–Kier alpha value is -1.33. The lowest BCUT2D eigenvalue weighted by atomic mass is 10.2. The minimum Gasteiger partial charge on any atom is -0.398 e. The third-order valence-corrected chi connectivity index (χ3v) is 3.95. The van der Waals surface area contributed by atoms with Gasteiger partial charge in [0.1, 0.15) is 5.82 Å². The van der Waals surface area contributed by atoms with Gasteiger partial charge in [-0.15, -0.1) is 11.8 Å². The Morgan fingerprint density at radius 2 is 2.29 bits per heavy atom. The molecule has 2 aromatic rings. The van der Waals surface area contributed by atoms with Crippen LogP contribution in [-0.2, 0) is 4.74 Å². The molecule has 0 bridgehead atoms. The van der Waals surface area contributed by atoms with Crippen LogP contribution in [-0.4, -0.2) is 23.4 Å². The second-order valence-corrected chi connectivity index (χ2v) is 5.26. The predicted octanol–water partition coefficient (Wildman–Crippen LogP) is 2.45. The normalized spacial score (nSPS) is 16.1. The number of anilines is 1. The van der Waals surface area contributed by atoms with Crippen molar-refractivity contribution in [3.8, 4) is 0 Å². The highest BCUT2D eigenvalue weighted by atomic mass is 32.2. The van der Waals surface area contributed by atoms with Crippen LogP contribution in [0.2, 0.25) is 0 Å². The molecule has 1 aliphatic heterocycles. The topological polar surface area (TPSA) is 48.1 Å². The van der Waals surface area contributed by atoms with Crippen molar-refractivity contribution in [2.24, 2.45) is 0 Å². The summed E-state index contributed by atoms with van der Waals surface area (Å²) in [6.45, 7) is 1.34. The molecule has 0 atom stereocenters. The highest BCUT2D eigenvalue weighted by Gasteiger charge is 2.23. The molecule has 2 N–H and O–H groups in total. The van der Waals surface area contributed by atoms with E-state index < -0.39 is 0 Å². The largest absolute Gasteiger partial charge is 0.398 e. The molecule has 1 aromatic carbocycles. The van der Waals surface area contributed by atoms with Crippen LogP contribution in [0.3, 0.4) is 0 Å². The van der Waals surface area contributed by atoms with Gasteiger partial charge >= 0.3 is 0 Å². The molecule has 0 saturated carbocycles. The Kier molecular flexibility index (Phi) is 2.64. The van der Waals surface area contributed by atoms with Crippen LogP contribution in [0.1, 0.15) is 0 Å². The Balaban J connectivity index is 2.14. The number of aromatic nitrogens is 1. The van der Waals surface area contributed by atoms with Crippen LogP contribution < -0.4 is 5.73 Å². The molecule has 17 heavy (non-hydrogen) atoms. The zero-order chi connectivity index (χ0) is 11.8. The summed E-state index contributed by atoms with van der Waals surface area (Å²) in [5.74, 6) is -0.300. The van der Waals surface area contributed by atoms with Crippen LogP contribution in [0.5, 0.6) is 0 Å². The maximum Gasteiger partial charge on any atom is 0.141 e. The average molecular weight is 250 g/mol. The van der Waals surface area contributed by atoms with E-state index in [0.29, 0.717) is 34.6 Å². The molecule has 0 aliphatic carbocycles. The maximum absolute atomic E-state index is 13.9. The lowest BCUT2D eigenvalue weighted by molar-refractivity contribution is 0.0455. The number of benzene rings is 1. The number of nitrogens with zero attached hydrogens (tertiary/aromatic N) is 1. The van der Waals surface area contributed by atoms with E-state index in [1.807, 2.05) is 6.07 Å². The van der Waals surface area contributed by atoms with Crippen LogP contribution in [0.4, 0.5) is 10.1 Å². The highest BCUT2D eigenvalue weighted by molar-refractivity contribution is 8.00. The lowest BCUT2D eigenvalue weighted by Gasteiger charge is -2.25. The third-order valence-electron chi connectivity index (χ3n) is 2.72. The zero-order valence-electron chi connectivity index (χ0n) is 9.02. The first-order chi connectivity index (χ1) is 8.25. The summed E-state index contributed by atoms with van der Waals surface area (Å²) in [5, 5.41) is 1.12. The van der Waals surface area contributed by atoms with E-state index >= 15 is 0 Å². The predicted molar refractivity (Wildman–Crippen MR) is 66.6 cm³/mol. The number of ether oxygens (including phenoxy) is 1. The number of pyridine rings is 1. The minimum atomic E-state index is -0.300. The molecule has 0 spiro atoms. The van der Waals surface area contributed by atoms with Crippen molar-refractivity contribution in [2.45, 2.75) is 10.1 Å².